The van der Waals surface area contributed by atoms with Crippen LogP contribution in [0.25, 0.3) is 0 Å². The van der Waals surface area contributed by atoms with Gasteiger partial charge in [-0.2, -0.15) is 0 Å². The highest BCUT2D eigenvalue weighted by atomic mass is 32.2. The first-order valence-electron chi connectivity index (χ1n) is 7.70. The summed E-state index contributed by atoms with van der Waals surface area (Å²) < 4.78 is 13.4. The molecule has 0 spiro atoms. The zero-order chi connectivity index (χ0) is 17.5. The fourth-order valence-electron chi connectivity index (χ4n) is 2.17. The predicted molar refractivity (Wildman–Crippen MR) is 90.5 cm³/mol. The number of nitrogens with one attached hydrogen (secondary N) is 2. The minimum atomic E-state index is -0.425. The first-order chi connectivity index (χ1) is 11.5. The van der Waals surface area contributed by atoms with E-state index in [9.17, 15) is 18.8 Å². The number of nitrogens with zero attached hydrogens (tertiary/aromatic N) is 1. The molecule has 1 aromatic rings. The van der Waals surface area contributed by atoms with Crippen LogP contribution in [0, 0.1) is 12.7 Å². The summed E-state index contributed by atoms with van der Waals surface area (Å²) in [4.78, 5) is 36.6. The van der Waals surface area contributed by atoms with E-state index in [1.54, 1.807) is 24.0 Å². The van der Waals surface area contributed by atoms with E-state index in [1.165, 1.54) is 17.8 Å². The fraction of sp³-hybridized carbons (Fsp3) is 0.438. The van der Waals surface area contributed by atoms with Crippen molar-refractivity contribution in [1.29, 1.82) is 0 Å². The monoisotopic (exact) mass is 353 g/mol. The van der Waals surface area contributed by atoms with Crippen LogP contribution in [0.3, 0.4) is 0 Å². The predicted octanol–water partition coefficient (Wildman–Crippen LogP) is 1.54. The number of aryl methyl sites for hydroxylation is 1. The van der Waals surface area contributed by atoms with Crippen LogP contribution in [0.15, 0.2) is 18.2 Å². The van der Waals surface area contributed by atoms with E-state index >= 15 is 0 Å². The quantitative estimate of drug-likeness (QED) is 0.729. The van der Waals surface area contributed by atoms with E-state index < -0.39 is 5.82 Å². The molecular formula is C16H20FN3O3S. The standard InChI is InChI=1S/C16H20FN3O3S/c1-11-2-3-12(10-13(11)17)15(22)19-6-5-18-14(21)4-7-20-8-9-24-16(20)23/h2-3,10H,4-9H2,1H3,(H,18,21)(H,19,22). The van der Waals surface area contributed by atoms with Crippen LogP contribution in [-0.4, -0.2) is 53.9 Å². The maximum atomic E-state index is 13.4. The van der Waals surface area contributed by atoms with E-state index in [2.05, 4.69) is 10.6 Å². The lowest BCUT2D eigenvalue weighted by molar-refractivity contribution is -0.121. The summed E-state index contributed by atoms with van der Waals surface area (Å²) in [6.07, 6.45) is 0.240. The van der Waals surface area contributed by atoms with E-state index in [0.29, 0.717) is 18.7 Å². The number of rotatable bonds is 7. The Kier molecular flexibility index (Phi) is 6.60. The summed E-state index contributed by atoms with van der Waals surface area (Å²) in [6.45, 7) is 3.24. The normalized spacial score (nSPS) is 13.9. The molecule has 0 saturated carbocycles. The van der Waals surface area contributed by atoms with Crippen LogP contribution < -0.4 is 10.6 Å². The maximum Gasteiger partial charge on any atom is 0.281 e. The van der Waals surface area contributed by atoms with Gasteiger partial charge in [0.15, 0.2) is 0 Å². The van der Waals surface area contributed by atoms with Gasteiger partial charge in [0.2, 0.25) is 5.91 Å². The lowest BCUT2D eigenvalue weighted by Crippen LogP contribution is -2.36. The molecule has 1 saturated heterocycles. The highest BCUT2D eigenvalue weighted by molar-refractivity contribution is 8.13. The second-order valence-corrected chi connectivity index (χ2v) is 6.47. The molecule has 0 bridgehead atoms. The molecule has 0 aliphatic carbocycles. The zero-order valence-corrected chi connectivity index (χ0v) is 14.2. The van der Waals surface area contributed by atoms with Crippen LogP contribution in [0.5, 0.6) is 0 Å². The average molecular weight is 353 g/mol. The van der Waals surface area contributed by atoms with Gasteiger partial charge in [-0.25, -0.2) is 4.39 Å². The van der Waals surface area contributed by atoms with Crippen molar-refractivity contribution in [1.82, 2.24) is 15.5 Å². The number of halogens is 1. The number of amides is 3. The van der Waals surface area contributed by atoms with Crippen molar-refractivity contribution in [3.8, 4) is 0 Å². The van der Waals surface area contributed by atoms with Gasteiger partial charge < -0.3 is 15.5 Å². The van der Waals surface area contributed by atoms with Crippen LogP contribution in [0.1, 0.15) is 22.3 Å². The maximum absolute atomic E-state index is 13.4. The number of carbonyl (C=O) groups excluding carboxylic acids is 3. The molecule has 1 aromatic carbocycles. The third kappa shape index (κ3) is 5.23. The van der Waals surface area contributed by atoms with E-state index in [-0.39, 0.29) is 42.1 Å². The molecule has 24 heavy (non-hydrogen) atoms. The minimum absolute atomic E-state index is 0.0143. The molecule has 3 amide bonds. The molecule has 0 radical (unpaired) electrons. The molecule has 1 fully saturated rings. The van der Waals surface area contributed by atoms with E-state index in [0.717, 1.165) is 5.75 Å². The Morgan fingerprint density at radius 1 is 1.29 bits per heavy atom. The van der Waals surface area contributed by atoms with Crippen molar-refractivity contribution >= 4 is 28.8 Å². The van der Waals surface area contributed by atoms with Gasteiger partial charge in [0.1, 0.15) is 5.82 Å². The number of benzene rings is 1. The Bertz CT molecular complexity index is 639. The highest BCUT2D eigenvalue weighted by Gasteiger charge is 2.21. The molecule has 0 unspecified atom stereocenters. The van der Waals surface area contributed by atoms with Gasteiger partial charge in [-0.3, -0.25) is 14.4 Å². The van der Waals surface area contributed by atoms with Crippen LogP contribution in [-0.2, 0) is 4.79 Å². The van der Waals surface area contributed by atoms with Crippen molar-refractivity contribution < 1.29 is 18.8 Å². The number of thioether (sulfide) groups is 1. The molecule has 8 heteroatoms. The van der Waals surface area contributed by atoms with Gasteiger partial charge >= 0.3 is 0 Å². The molecule has 6 nitrogen and oxygen atoms in total. The van der Waals surface area contributed by atoms with Crippen molar-refractivity contribution in [2.45, 2.75) is 13.3 Å². The summed E-state index contributed by atoms with van der Waals surface area (Å²) in [5.41, 5.74) is 0.725. The molecule has 1 aliphatic rings. The molecule has 0 atom stereocenters. The van der Waals surface area contributed by atoms with Crippen molar-refractivity contribution in [2.75, 3.05) is 31.9 Å². The SMILES string of the molecule is Cc1ccc(C(=O)NCCNC(=O)CCN2CCSC2=O)cc1F. The van der Waals surface area contributed by atoms with Gasteiger partial charge in [0.05, 0.1) is 0 Å². The van der Waals surface area contributed by atoms with Gasteiger partial charge in [0.25, 0.3) is 11.1 Å². The second-order valence-electron chi connectivity index (χ2n) is 5.42. The summed E-state index contributed by atoms with van der Waals surface area (Å²) in [7, 11) is 0. The van der Waals surface area contributed by atoms with Crippen LogP contribution >= 0.6 is 11.8 Å². The Hall–Kier alpha value is -2.09. The van der Waals surface area contributed by atoms with Crippen molar-refractivity contribution in [2.24, 2.45) is 0 Å². The summed E-state index contributed by atoms with van der Waals surface area (Å²) in [5.74, 6) is -0.213. The minimum Gasteiger partial charge on any atom is -0.354 e. The van der Waals surface area contributed by atoms with Gasteiger partial charge in [-0.1, -0.05) is 17.8 Å². The molecule has 0 aromatic heterocycles. The van der Waals surface area contributed by atoms with Crippen LogP contribution in [0.4, 0.5) is 9.18 Å². The number of hydrogen-bond donors (Lipinski definition) is 2. The van der Waals surface area contributed by atoms with Gasteiger partial charge in [0, 0.05) is 43.9 Å². The molecule has 2 rings (SSSR count). The number of hydrogen-bond acceptors (Lipinski definition) is 4. The first kappa shape index (κ1) is 18.3. The molecule has 2 N–H and O–H groups in total. The topological polar surface area (TPSA) is 78.5 Å². The third-order valence-electron chi connectivity index (χ3n) is 3.62. The largest absolute Gasteiger partial charge is 0.354 e. The average Bonchev–Trinajstić information content (AvgIpc) is 2.97. The summed E-state index contributed by atoms with van der Waals surface area (Å²) >= 11 is 1.26. The zero-order valence-electron chi connectivity index (χ0n) is 13.4. The molecular weight excluding hydrogens is 333 g/mol. The van der Waals surface area contributed by atoms with Crippen molar-refractivity contribution in [3.63, 3.8) is 0 Å². The second kappa shape index (κ2) is 8.68. The van der Waals surface area contributed by atoms with E-state index in [4.69, 9.17) is 0 Å². The third-order valence-corrected chi connectivity index (χ3v) is 4.51. The Labute approximate surface area is 144 Å². The first-order valence-corrected chi connectivity index (χ1v) is 8.68. The Morgan fingerprint density at radius 3 is 2.71 bits per heavy atom. The molecule has 1 aliphatic heterocycles. The van der Waals surface area contributed by atoms with Crippen LogP contribution in [0.2, 0.25) is 0 Å². The smallest absolute Gasteiger partial charge is 0.281 e. The van der Waals surface area contributed by atoms with Gasteiger partial charge in [-0.15, -0.1) is 0 Å². The van der Waals surface area contributed by atoms with Crippen molar-refractivity contribution in [3.05, 3.63) is 35.1 Å². The lowest BCUT2D eigenvalue weighted by atomic mass is 10.1. The lowest BCUT2D eigenvalue weighted by Gasteiger charge is -2.14. The number of carbonyl (C=O) groups is 3. The Morgan fingerprint density at radius 2 is 2.04 bits per heavy atom. The van der Waals surface area contributed by atoms with E-state index in [1.807, 2.05) is 0 Å². The summed E-state index contributed by atoms with van der Waals surface area (Å²) in [6, 6.07) is 4.29. The highest BCUT2D eigenvalue weighted by Crippen LogP contribution is 2.16. The molecule has 130 valence electrons. The van der Waals surface area contributed by atoms with Gasteiger partial charge in [-0.05, 0) is 24.6 Å². The molecule has 1 heterocycles. The fourth-order valence-corrected chi connectivity index (χ4v) is 3.02. The Balaban J connectivity index is 1.63. The summed E-state index contributed by atoms with van der Waals surface area (Å²) in [5, 5.41) is 5.31.